The first-order valence-electron chi connectivity index (χ1n) is 14.9. The number of hydrogen-bond donors (Lipinski definition) is 0. The van der Waals surface area contributed by atoms with Crippen LogP contribution in [0.3, 0.4) is 0 Å². The molecule has 0 atom stereocenters. The number of rotatable bonds is 2. The van der Waals surface area contributed by atoms with E-state index >= 15 is 0 Å². The van der Waals surface area contributed by atoms with Gasteiger partial charge in [-0.15, -0.1) is 53.1 Å². The molecule has 0 unspecified atom stereocenters. The Balaban J connectivity index is 0.000000165. The molecule has 1 aliphatic carbocycles. The maximum absolute atomic E-state index is 3.12. The molecule has 0 radical (unpaired) electrons. The van der Waals surface area contributed by atoms with Crippen molar-refractivity contribution in [2.24, 2.45) is 0 Å². The van der Waals surface area contributed by atoms with Crippen LogP contribution in [-0.4, -0.2) is 3.21 Å². The van der Waals surface area contributed by atoms with Gasteiger partial charge in [0.15, 0.2) is 0 Å². The zero-order valence-corrected chi connectivity index (χ0v) is 29.1. The normalized spacial score (nSPS) is 13.1. The van der Waals surface area contributed by atoms with Crippen LogP contribution < -0.4 is 0 Å². The molecule has 0 aliphatic heterocycles. The van der Waals surface area contributed by atoms with Gasteiger partial charge in [-0.2, -0.15) is 5.57 Å². The molecule has 0 aromatic heterocycles. The Morgan fingerprint density at radius 3 is 1.38 bits per heavy atom. The quantitative estimate of drug-likeness (QED) is 0.171. The van der Waals surface area contributed by atoms with Gasteiger partial charge in [-0.3, -0.25) is 6.08 Å². The first-order valence-corrected chi connectivity index (χ1v) is 16.1. The molecule has 0 amide bonds. The van der Waals surface area contributed by atoms with Crippen molar-refractivity contribution in [2.45, 2.75) is 72.6 Å². The minimum absolute atomic E-state index is 0.203. The van der Waals surface area contributed by atoms with E-state index in [0.717, 1.165) is 6.42 Å². The van der Waals surface area contributed by atoms with E-state index in [1.807, 2.05) is 0 Å². The molecule has 0 nitrogen and oxygen atoms in total. The molecule has 5 aromatic rings. The summed E-state index contributed by atoms with van der Waals surface area (Å²) in [5, 5.41) is 5.48. The van der Waals surface area contributed by atoms with Crippen LogP contribution in [0.4, 0.5) is 0 Å². The minimum atomic E-state index is 0.203. The van der Waals surface area contributed by atoms with E-state index in [4.69, 9.17) is 0 Å². The van der Waals surface area contributed by atoms with Crippen LogP contribution in [0, 0.1) is 6.08 Å². The molecule has 1 heteroatoms. The van der Waals surface area contributed by atoms with Gasteiger partial charge < -0.3 is 0 Å². The van der Waals surface area contributed by atoms with Crippen molar-refractivity contribution >= 4 is 24.8 Å². The zero-order chi connectivity index (χ0) is 30.5. The molecule has 42 heavy (non-hydrogen) atoms. The summed E-state index contributed by atoms with van der Waals surface area (Å²) in [5.41, 5.74) is 8.72. The van der Waals surface area contributed by atoms with E-state index in [-0.39, 0.29) is 10.8 Å². The third kappa shape index (κ3) is 8.08. The van der Waals surface area contributed by atoms with Gasteiger partial charge in [-0.1, -0.05) is 83.9 Å². The Hall–Kier alpha value is -3.02. The average Bonchev–Trinajstić information content (AvgIpc) is 3.54. The topological polar surface area (TPSA) is 0 Å². The van der Waals surface area contributed by atoms with Gasteiger partial charge in [0.2, 0.25) is 0 Å². The maximum atomic E-state index is 3.12. The third-order valence-corrected chi connectivity index (χ3v) is 9.34. The second kappa shape index (κ2) is 13.5. The van der Waals surface area contributed by atoms with E-state index in [9.17, 15) is 0 Å². The predicted molar refractivity (Wildman–Crippen MR) is 181 cm³/mol. The molecular formula is C41H44Zr. The molecule has 0 saturated carbocycles. The Bertz CT molecular complexity index is 1600. The molecule has 0 bridgehead atoms. The summed E-state index contributed by atoms with van der Waals surface area (Å²) >= 11 is 1.46. The summed E-state index contributed by atoms with van der Waals surface area (Å²) in [7, 11) is 0. The fourth-order valence-corrected chi connectivity index (χ4v) is 5.77. The van der Waals surface area contributed by atoms with Gasteiger partial charge in [0.1, 0.15) is 0 Å². The molecule has 0 spiro atoms. The van der Waals surface area contributed by atoms with Gasteiger partial charge >= 0.3 is 99.2 Å². The number of benzene rings is 4. The van der Waals surface area contributed by atoms with Crippen LogP contribution in [0.2, 0.25) is 0 Å². The second-order valence-electron chi connectivity index (χ2n) is 13.3. The van der Waals surface area contributed by atoms with Crippen molar-refractivity contribution in [3.8, 4) is 0 Å². The van der Waals surface area contributed by atoms with Crippen molar-refractivity contribution in [1.82, 2.24) is 0 Å². The van der Waals surface area contributed by atoms with E-state index < -0.39 is 0 Å². The van der Waals surface area contributed by atoms with Crippen LogP contribution in [0.1, 0.15) is 84.1 Å². The number of hydrogen-bond acceptors (Lipinski definition) is 0. The van der Waals surface area contributed by atoms with Crippen molar-refractivity contribution in [2.75, 3.05) is 0 Å². The monoisotopic (exact) mass is 626 g/mol. The molecular weight excluding hydrogens is 584 g/mol. The van der Waals surface area contributed by atoms with Crippen LogP contribution in [0.25, 0.3) is 21.5 Å². The summed E-state index contributed by atoms with van der Waals surface area (Å²) in [4.78, 5) is 0. The van der Waals surface area contributed by atoms with E-state index in [1.54, 1.807) is 0 Å². The van der Waals surface area contributed by atoms with Gasteiger partial charge in [0, 0.05) is 0 Å². The second-order valence-corrected chi connectivity index (χ2v) is 14.6. The van der Waals surface area contributed by atoms with Crippen molar-refractivity contribution in [3.63, 3.8) is 0 Å². The van der Waals surface area contributed by atoms with Crippen LogP contribution in [0.15, 0.2) is 120 Å². The van der Waals surface area contributed by atoms with E-state index in [2.05, 4.69) is 171 Å². The van der Waals surface area contributed by atoms with Crippen LogP contribution >= 0.6 is 0 Å². The van der Waals surface area contributed by atoms with Gasteiger partial charge in [0.05, 0.1) is 0 Å². The first-order chi connectivity index (χ1) is 19.8. The SMILES string of the molecule is CC(C)(C)c1ccc2c(c1)[cH-]c1cc(C(C)(C)C)ccc12.CC1=C(C)C[C-]=C1.[Zr+2]=[C](c1ccccc1)c1ccccc1. The average molecular weight is 628 g/mol. The van der Waals surface area contributed by atoms with Crippen LogP contribution in [-0.2, 0) is 35.1 Å². The molecule has 212 valence electrons. The molecule has 0 saturated heterocycles. The standard InChI is InChI=1S/C21H25.C13H10.C7H9.Zr/c1-20(2,3)16-7-9-18-14(12-16)11-15-13-17(21(4,5)6)8-10-19(15)18;1-3-7-12(8-4-1)11-13-9-5-2-6-10-13;1-6-4-3-5-7(6)2;/h7-13H,1-6H3;1-10H;4H,5H2,1-2H3;/q-1;;-1;+2. The molecule has 0 fully saturated rings. The Labute approximate surface area is 268 Å². The van der Waals surface area contributed by atoms with Gasteiger partial charge in [-0.05, 0) is 10.8 Å². The molecule has 6 rings (SSSR count). The molecule has 5 aromatic carbocycles. The summed E-state index contributed by atoms with van der Waals surface area (Å²) in [6.45, 7) is 17.9. The van der Waals surface area contributed by atoms with Crippen molar-refractivity contribution in [3.05, 3.63) is 149 Å². The van der Waals surface area contributed by atoms with Crippen molar-refractivity contribution < 1.29 is 24.2 Å². The summed E-state index contributed by atoms with van der Waals surface area (Å²) in [5.74, 6) is 0. The Morgan fingerprint density at radius 2 is 1.07 bits per heavy atom. The van der Waals surface area contributed by atoms with Crippen LogP contribution in [0.5, 0.6) is 0 Å². The zero-order valence-electron chi connectivity index (χ0n) is 26.6. The Morgan fingerprint density at radius 1 is 0.643 bits per heavy atom. The molecule has 1 aliphatic rings. The third-order valence-electron chi connectivity index (χ3n) is 7.92. The Kier molecular flexibility index (Phi) is 10.3. The van der Waals surface area contributed by atoms with Gasteiger partial charge in [-0.25, -0.2) is 11.6 Å². The predicted octanol–water partition coefficient (Wildman–Crippen LogP) is 11.2. The summed E-state index contributed by atoms with van der Waals surface area (Å²) in [6, 6.07) is 37.3. The van der Waals surface area contributed by atoms with Gasteiger partial charge in [0.25, 0.3) is 0 Å². The van der Waals surface area contributed by atoms with Crippen molar-refractivity contribution in [1.29, 1.82) is 0 Å². The molecule has 0 N–H and O–H groups in total. The first kappa shape index (κ1) is 31.9. The fraction of sp³-hybridized carbons (Fsp3) is 0.268. The van der Waals surface area contributed by atoms with E-state index in [0.29, 0.717) is 0 Å². The summed E-state index contributed by atoms with van der Waals surface area (Å²) < 4.78 is 1.42. The summed E-state index contributed by atoms with van der Waals surface area (Å²) in [6.07, 6.45) is 6.22. The number of fused-ring (bicyclic) bond motifs is 3. The fourth-order valence-electron chi connectivity index (χ4n) is 4.95. The number of allylic oxidation sites excluding steroid dienone is 4. The van der Waals surface area contributed by atoms with E-state index in [1.165, 1.54) is 82.4 Å². The molecule has 0 heterocycles.